The molecule has 1 amide bonds. The molecule has 0 spiro atoms. The molecule has 24 heavy (non-hydrogen) atoms. The lowest BCUT2D eigenvalue weighted by Gasteiger charge is -2.17. The highest BCUT2D eigenvalue weighted by molar-refractivity contribution is 5.80. The largest absolute Gasteiger partial charge is 0.481 e. The number of aryl methyl sites for hydroxylation is 1. The Morgan fingerprint density at radius 3 is 2.46 bits per heavy atom. The van der Waals surface area contributed by atoms with Gasteiger partial charge in [0.05, 0.1) is 0 Å². The summed E-state index contributed by atoms with van der Waals surface area (Å²) in [4.78, 5) is 22.4. The first-order valence-corrected chi connectivity index (χ1v) is 8.58. The van der Waals surface area contributed by atoms with Crippen LogP contribution in [0.3, 0.4) is 0 Å². The van der Waals surface area contributed by atoms with Crippen molar-refractivity contribution >= 4 is 11.9 Å². The third-order valence-electron chi connectivity index (χ3n) is 3.91. The van der Waals surface area contributed by atoms with Gasteiger partial charge in [-0.25, -0.2) is 0 Å². The predicted octanol–water partition coefficient (Wildman–Crippen LogP) is 3.65. The number of hydrogen-bond donors (Lipinski definition) is 2. The topological polar surface area (TPSA) is 75.6 Å². The standard InChI is InChI=1S/C19H29NO4/c1-13(2)17-10-9-16(12-14(17)3)24-15(4)19(23)20-11-7-5-6-8-18(21)22/h9-10,12-13,15H,5-8,11H2,1-4H3,(H,20,23)(H,21,22). The van der Waals surface area contributed by atoms with Crippen LogP contribution in [0.4, 0.5) is 0 Å². The van der Waals surface area contributed by atoms with E-state index < -0.39 is 12.1 Å². The molecular formula is C19H29NO4. The van der Waals surface area contributed by atoms with E-state index in [1.165, 1.54) is 5.56 Å². The van der Waals surface area contributed by atoms with Gasteiger partial charge in [0.2, 0.25) is 0 Å². The number of nitrogens with one attached hydrogen (secondary N) is 1. The van der Waals surface area contributed by atoms with Crippen molar-refractivity contribution in [2.45, 2.75) is 65.4 Å². The van der Waals surface area contributed by atoms with Gasteiger partial charge in [-0.1, -0.05) is 26.3 Å². The van der Waals surface area contributed by atoms with E-state index in [1.807, 2.05) is 25.1 Å². The van der Waals surface area contributed by atoms with Gasteiger partial charge in [0.15, 0.2) is 6.10 Å². The molecule has 1 aromatic carbocycles. The summed E-state index contributed by atoms with van der Waals surface area (Å²) in [5.74, 6) is 0.223. The summed E-state index contributed by atoms with van der Waals surface area (Å²) in [6.45, 7) is 8.61. The number of carboxylic acids is 1. The Morgan fingerprint density at radius 2 is 1.88 bits per heavy atom. The molecule has 0 aromatic heterocycles. The van der Waals surface area contributed by atoms with E-state index in [-0.39, 0.29) is 12.3 Å². The first-order valence-electron chi connectivity index (χ1n) is 8.58. The molecule has 1 aromatic rings. The molecule has 0 radical (unpaired) electrons. The molecule has 2 N–H and O–H groups in total. The number of carbonyl (C=O) groups excluding carboxylic acids is 1. The number of ether oxygens (including phenoxy) is 1. The van der Waals surface area contributed by atoms with E-state index in [9.17, 15) is 9.59 Å². The van der Waals surface area contributed by atoms with Gasteiger partial charge in [-0.3, -0.25) is 9.59 Å². The van der Waals surface area contributed by atoms with Gasteiger partial charge in [0, 0.05) is 13.0 Å². The van der Waals surface area contributed by atoms with Crippen LogP contribution in [0.25, 0.3) is 0 Å². The maximum atomic E-state index is 12.0. The van der Waals surface area contributed by atoms with E-state index in [0.717, 1.165) is 18.4 Å². The first-order chi connectivity index (χ1) is 11.3. The number of benzene rings is 1. The van der Waals surface area contributed by atoms with E-state index in [2.05, 4.69) is 19.2 Å². The quantitative estimate of drug-likeness (QED) is 0.640. The van der Waals surface area contributed by atoms with Crippen LogP contribution in [0.15, 0.2) is 18.2 Å². The first kappa shape index (κ1) is 20.0. The molecule has 1 atom stereocenters. The van der Waals surface area contributed by atoms with Crippen LogP contribution >= 0.6 is 0 Å². The SMILES string of the molecule is Cc1cc(OC(C)C(=O)NCCCCCC(=O)O)ccc1C(C)C. The lowest BCUT2D eigenvalue weighted by atomic mass is 9.98. The Labute approximate surface area is 144 Å². The highest BCUT2D eigenvalue weighted by Crippen LogP contribution is 2.24. The second-order valence-corrected chi connectivity index (χ2v) is 6.43. The molecule has 0 aliphatic rings. The Morgan fingerprint density at radius 1 is 1.17 bits per heavy atom. The summed E-state index contributed by atoms with van der Waals surface area (Å²) in [7, 11) is 0. The van der Waals surface area contributed by atoms with Gasteiger partial charge in [-0.05, 0) is 55.9 Å². The number of rotatable bonds is 10. The average Bonchev–Trinajstić information content (AvgIpc) is 2.49. The molecule has 134 valence electrons. The summed E-state index contributed by atoms with van der Waals surface area (Å²) in [6, 6.07) is 5.91. The number of hydrogen-bond acceptors (Lipinski definition) is 3. The summed E-state index contributed by atoms with van der Waals surface area (Å²) in [5, 5.41) is 11.4. The zero-order valence-electron chi connectivity index (χ0n) is 15.1. The van der Waals surface area contributed by atoms with Crippen molar-refractivity contribution in [3.63, 3.8) is 0 Å². The van der Waals surface area contributed by atoms with Crippen molar-refractivity contribution in [3.8, 4) is 5.75 Å². The molecule has 5 heteroatoms. The monoisotopic (exact) mass is 335 g/mol. The number of amides is 1. The fourth-order valence-corrected chi connectivity index (χ4v) is 2.56. The van der Waals surface area contributed by atoms with Gasteiger partial charge < -0.3 is 15.2 Å². The van der Waals surface area contributed by atoms with E-state index >= 15 is 0 Å². The minimum Gasteiger partial charge on any atom is -0.481 e. The van der Waals surface area contributed by atoms with Crippen LogP contribution < -0.4 is 10.1 Å². The fourth-order valence-electron chi connectivity index (χ4n) is 2.56. The zero-order valence-corrected chi connectivity index (χ0v) is 15.1. The molecule has 0 saturated heterocycles. The second-order valence-electron chi connectivity index (χ2n) is 6.43. The highest BCUT2D eigenvalue weighted by atomic mass is 16.5. The van der Waals surface area contributed by atoms with Crippen molar-refractivity contribution in [2.75, 3.05) is 6.54 Å². The van der Waals surface area contributed by atoms with Crippen LogP contribution in [0.1, 0.15) is 63.5 Å². The van der Waals surface area contributed by atoms with Crippen molar-refractivity contribution < 1.29 is 19.4 Å². The number of unbranched alkanes of at least 4 members (excludes halogenated alkanes) is 2. The lowest BCUT2D eigenvalue weighted by Crippen LogP contribution is -2.36. The Kier molecular flexibility index (Phi) is 8.30. The van der Waals surface area contributed by atoms with Crippen molar-refractivity contribution in [1.82, 2.24) is 5.32 Å². The van der Waals surface area contributed by atoms with Gasteiger partial charge in [-0.2, -0.15) is 0 Å². The molecule has 5 nitrogen and oxygen atoms in total. The third-order valence-corrected chi connectivity index (χ3v) is 3.91. The summed E-state index contributed by atoms with van der Waals surface area (Å²) in [6.07, 6.45) is 1.82. The van der Waals surface area contributed by atoms with Crippen LogP contribution in [-0.2, 0) is 9.59 Å². The van der Waals surface area contributed by atoms with Gasteiger partial charge in [0.25, 0.3) is 5.91 Å². The number of carboxylic acid groups (broad SMARTS) is 1. The average molecular weight is 335 g/mol. The smallest absolute Gasteiger partial charge is 0.303 e. The molecule has 0 saturated carbocycles. The van der Waals surface area contributed by atoms with Gasteiger partial charge in [-0.15, -0.1) is 0 Å². The van der Waals surface area contributed by atoms with Gasteiger partial charge in [0.1, 0.15) is 5.75 Å². The van der Waals surface area contributed by atoms with E-state index in [1.54, 1.807) is 6.92 Å². The second kappa shape index (κ2) is 9.96. The molecule has 0 aliphatic carbocycles. The number of aliphatic carboxylic acids is 1. The molecular weight excluding hydrogens is 306 g/mol. The van der Waals surface area contributed by atoms with E-state index in [4.69, 9.17) is 9.84 Å². The maximum absolute atomic E-state index is 12.0. The molecule has 0 aliphatic heterocycles. The molecule has 1 unspecified atom stereocenters. The van der Waals surface area contributed by atoms with Crippen LogP contribution in [-0.4, -0.2) is 29.6 Å². The van der Waals surface area contributed by atoms with Crippen LogP contribution in [0, 0.1) is 6.92 Å². The Hall–Kier alpha value is -2.04. The lowest BCUT2D eigenvalue weighted by molar-refractivity contribution is -0.137. The van der Waals surface area contributed by atoms with Crippen molar-refractivity contribution in [1.29, 1.82) is 0 Å². The third kappa shape index (κ3) is 7.02. The molecule has 0 heterocycles. The Balaban J connectivity index is 2.36. The summed E-state index contributed by atoms with van der Waals surface area (Å²) < 4.78 is 5.71. The summed E-state index contributed by atoms with van der Waals surface area (Å²) in [5.41, 5.74) is 2.44. The molecule has 1 rings (SSSR count). The molecule has 0 fully saturated rings. The number of carbonyl (C=O) groups is 2. The van der Waals surface area contributed by atoms with Crippen LogP contribution in [0.2, 0.25) is 0 Å². The Bertz CT molecular complexity index is 554. The fraction of sp³-hybridized carbons (Fsp3) is 0.579. The van der Waals surface area contributed by atoms with Crippen molar-refractivity contribution in [2.24, 2.45) is 0 Å². The highest BCUT2D eigenvalue weighted by Gasteiger charge is 2.14. The molecule has 0 bridgehead atoms. The predicted molar refractivity (Wildman–Crippen MR) is 94.5 cm³/mol. The summed E-state index contributed by atoms with van der Waals surface area (Å²) >= 11 is 0. The van der Waals surface area contributed by atoms with Crippen LogP contribution in [0.5, 0.6) is 5.75 Å². The minimum absolute atomic E-state index is 0.154. The van der Waals surface area contributed by atoms with Crippen molar-refractivity contribution in [3.05, 3.63) is 29.3 Å². The zero-order chi connectivity index (χ0) is 18.1. The normalized spacial score (nSPS) is 12.0. The minimum atomic E-state index is -0.778. The maximum Gasteiger partial charge on any atom is 0.303 e. The van der Waals surface area contributed by atoms with E-state index in [0.29, 0.717) is 24.6 Å². The van der Waals surface area contributed by atoms with Gasteiger partial charge >= 0.3 is 5.97 Å².